The zero-order chi connectivity index (χ0) is 36.9. The lowest BCUT2D eigenvalue weighted by Gasteiger charge is -2.39. The summed E-state index contributed by atoms with van der Waals surface area (Å²) in [6.07, 6.45) is 0. The van der Waals surface area contributed by atoms with Crippen LogP contribution in [0.25, 0.3) is 11.1 Å². The molecule has 2 fully saturated rings. The minimum Gasteiger partial charge on any atom is -0.496 e. The van der Waals surface area contributed by atoms with E-state index in [2.05, 4.69) is 0 Å². The van der Waals surface area contributed by atoms with Crippen LogP contribution in [0.1, 0.15) is 22.3 Å². The number of nitrogens with zero attached hydrogens (tertiary/aromatic N) is 2. The van der Waals surface area contributed by atoms with E-state index in [4.69, 9.17) is 23.7 Å². The fraction of sp³-hybridized carbons (Fsp3) is 0.167. The van der Waals surface area contributed by atoms with Crippen molar-refractivity contribution in [1.29, 1.82) is 0 Å². The zero-order valence-corrected chi connectivity index (χ0v) is 28.5. The molecule has 0 aromatic heterocycles. The lowest BCUT2D eigenvalue weighted by Crippen LogP contribution is -2.45. The summed E-state index contributed by atoms with van der Waals surface area (Å²) in [5.41, 5.74) is -1.05. The number of Topliss-reactive ketones (excluding diaryl/α,β-unsaturated/α-hetero) is 1. The quantitative estimate of drug-likeness (QED) is 0.108. The Morgan fingerprint density at radius 2 is 1.13 bits per heavy atom. The predicted octanol–water partition coefficient (Wildman–Crippen LogP) is 6.25. The summed E-state index contributed by atoms with van der Waals surface area (Å²) in [6.45, 7) is 0.0215. The summed E-state index contributed by atoms with van der Waals surface area (Å²) >= 11 is 0. The molecule has 0 radical (unpaired) electrons. The van der Waals surface area contributed by atoms with Crippen LogP contribution in [0.4, 0.5) is 11.4 Å². The summed E-state index contributed by atoms with van der Waals surface area (Å²) < 4.78 is 28.3. The fourth-order valence-corrected chi connectivity index (χ4v) is 9.43. The van der Waals surface area contributed by atoms with E-state index in [9.17, 15) is 10.1 Å². The molecule has 1 saturated carbocycles. The summed E-state index contributed by atoms with van der Waals surface area (Å²) in [5.74, 6) is -2.28. The molecule has 2 amide bonds. The van der Waals surface area contributed by atoms with Crippen LogP contribution < -0.4 is 28.6 Å². The van der Waals surface area contributed by atoms with Crippen LogP contribution in [0.2, 0.25) is 0 Å². The van der Waals surface area contributed by atoms with Gasteiger partial charge in [-0.05, 0) is 69.8 Å². The smallest absolute Gasteiger partial charge is 0.297 e. The Morgan fingerprint density at radius 3 is 1.59 bits per heavy atom. The maximum atomic E-state index is 16.3. The summed E-state index contributed by atoms with van der Waals surface area (Å²) in [6, 6.07) is 32.7. The lowest BCUT2D eigenvalue weighted by molar-refractivity contribution is -0.384. The van der Waals surface area contributed by atoms with E-state index in [0.717, 1.165) is 4.90 Å². The Bertz CT molecular complexity index is 2380. The van der Waals surface area contributed by atoms with Gasteiger partial charge in [0.05, 0.1) is 40.8 Å². The first-order valence-corrected chi connectivity index (χ1v) is 17.2. The average Bonchev–Trinajstić information content (AvgIpc) is 4.01. The van der Waals surface area contributed by atoms with Gasteiger partial charge in [-0.3, -0.25) is 24.5 Å². The number of fused-ring (bicyclic) bond motifs is 7. The molecule has 2 aliphatic carbocycles. The van der Waals surface area contributed by atoms with Crippen molar-refractivity contribution in [3.8, 4) is 28.7 Å². The molecule has 3 heterocycles. The van der Waals surface area contributed by atoms with Gasteiger partial charge in [-0.15, -0.1) is 0 Å². The second-order valence-corrected chi connectivity index (χ2v) is 13.6. The third-order valence-electron chi connectivity index (χ3n) is 11.4. The first-order chi connectivity index (χ1) is 26.3. The number of rotatable bonds is 7. The Balaban J connectivity index is 1.35. The number of ketones is 1. The second-order valence-electron chi connectivity index (χ2n) is 13.6. The SMILES string of the molecule is COc1ccc(N2C(=O)[C@@H]3[C@H](C2=O)[C@@]2(c4ccccc4)C(=O)[C@@]3(c3ccccc3)C(c3ccc4c(c3)OCO4)=C2c2ccc3c(c2)OCO3)c([N+](=O)[O-])c1. The number of hydrogen-bond acceptors (Lipinski definition) is 10. The van der Waals surface area contributed by atoms with Crippen LogP contribution in [0, 0.1) is 22.0 Å². The molecule has 5 aliphatic rings. The number of nitro groups is 1. The van der Waals surface area contributed by atoms with Crippen molar-refractivity contribution in [3.05, 3.63) is 148 Å². The van der Waals surface area contributed by atoms with Gasteiger partial charge in [0.1, 0.15) is 11.4 Å². The van der Waals surface area contributed by atoms with E-state index >= 15 is 14.4 Å². The molecule has 54 heavy (non-hydrogen) atoms. The molecule has 1 saturated heterocycles. The van der Waals surface area contributed by atoms with Crippen molar-refractivity contribution in [2.24, 2.45) is 11.8 Å². The van der Waals surface area contributed by atoms with E-state index in [1.165, 1.54) is 25.3 Å². The standard InChI is InChI=1S/C42H28N2O10/c1-50-27-14-15-28(29(20-27)44(48)49)43-38(45)36-37(39(43)46)42(26-10-6-3-7-11-26)35(24-13-17-31-33(19-24)54-22-52-31)34(23-12-16-30-32(18-23)53-21-51-30)41(36,40(42)47)25-8-4-2-5-9-25/h2-20,36-37H,21-22H2,1H3/t36-,37+,41-,42-/m0/s1. The molecular weight excluding hydrogens is 692 g/mol. The van der Waals surface area contributed by atoms with Crippen molar-refractivity contribution in [2.45, 2.75) is 10.8 Å². The molecule has 4 atom stereocenters. The summed E-state index contributed by atoms with van der Waals surface area (Å²) in [5, 5.41) is 12.5. The highest BCUT2D eigenvalue weighted by atomic mass is 16.7. The minimum atomic E-state index is -1.76. The number of methoxy groups -OCH3 is 1. The maximum absolute atomic E-state index is 16.3. The van der Waals surface area contributed by atoms with Crippen molar-refractivity contribution in [1.82, 2.24) is 0 Å². The van der Waals surface area contributed by atoms with Crippen LogP contribution in [0.15, 0.2) is 115 Å². The summed E-state index contributed by atoms with van der Waals surface area (Å²) in [7, 11) is 1.37. The number of ether oxygens (including phenoxy) is 5. The van der Waals surface area contributed by atoms with Gasteiger partial charge in [0.2, 0.25) is 25.4 Å². The van der Waals surface area contributed by atoms with Gasteiger partial charge >= 0.3 is 0 Å². The van der Waals surface area contributed by atoms with Gasteiger partial charge in [-0.1, -0.05) is 72.8 Å². The molecule has 266 valence electrons. The minimum absolute atomic E-state index is 0.0108. The topological polar surface area (TPSA) is 144 Å². The normalized spacial score (nSPS) is 24.4. The van der Waals surface area contributed by atoms with Gasteiger partial charge in [0.25, 0.3) is 5.69 Å². The Morgan fingerprint density at radius 1 is 0.648 bits per heavy atom. The van der Waals surface area contributed by atoms with Crippen LogP contribution >= 0.6 is 0 Å². The molecule has 12 nitrogen and oxygen atoms in total. The Hall–Kier alpha value is -6.95. The van der Waals surface area contributed by atoms with Crippen LogP contribution in [-0.4, -0.2) is 43.2 Å². The molecule has 5 aromatic carbocycles. The molecule has 10 rings (SSSR count). The highest BCUT2D eigenvalue weighted by molar-refractivity contribution is 6.39. The number of carbonyl (C=O) groups excluding carboxylic acids is 3. The van der Waals surface area contributed by atoms with Gasteiger partial charge in [-0.2, -0.15) is 0 Å². The number of benzene rings is 5. The van der Waals surface area contributed by atoms with Gasteiger partial charge in [0, 0.05) is 0 Å². The zero-order valence-electron chi connectivity index (χ0n) is 28.5. The third kappa shape index (κ3) is 3.88. The fourth-order valence-electron chi connectivity index (χ4n) is 9.43. The van der Waals surface area contributed by atoms with Gasteiger partial charge < -0.3 is 23.7 Å². The molecule has 3 aliphatic heterocycles. The van der Waals surface area contributed by atoms with E-state index in [1.807, 2.05) is 24.3 Å². The van der Waals surface area contributed by atoms with Crippen molar-refractivity contribution < 1.29 is 43.0 Å². The number of hydrogen-bond donors (Lipinski definition) is 0. The Labute approximate surface area is 307 Å². The third-order valence-corrected chi connectivity index (χ3v) is 11.4. The lowest BCUT2D eigenvalue weighted by atomic mass is 9.59. The predicted molar refractivity (Wildman–Crippen MR) is 192 cm³/mol. The van der Waals surface area contributed by atoms with Crippen LogP contribution in [0.3, 0.4) is 0 Å². The number of carbonyl (C=O) groups is 3. The molecule has 5 aromatic rings. The molecule has 0 unspecified atom stereocenters. The first-order valence-electron chi connectivity index (χ1n) is 17.2. The van der Waals surface area contributed by atoms with E-state index < -0.39 is 45.1 Å². The number of amides is 2. The molecular formula is C42H28N2O10. The van der Waals surface area contributed by atoms with Crippen LogP contribution in [0.5, 0.6) is 28.7 Å². The average molecular weight is 721 g/mol. The largest absolute Gasteiger partial charge is 0.496 e. The monoisotopic (exact) mass is 720 g/mol. The number of nitro benzene ring substituents is 1. The van der Waals surface area contributed by atoms with E-state index in [0.29, 0.717) is 56.4 Å². The molecule has 12 heteroatoms. The van der Waals surface area contributed by atoms with Gasteiger partial charge in [0.15, 0.2) is 28.8 Å². The molecule has 2 bridgehead atoms. The van der Waals surface area contributed by atoms with Crippen molar-refractivity contribution in [2.75, 3.05) is 25.6 Å². The number of imide groups is 1. The van der Waals surface area contributed by atoms with Crippen molar-refractivity contribution in [3.63, 3.8) is 0 Å². The van der Waals surface area contributed by atoms with E-state index in [1.54, 1.807) is 72.8 Å². The Kier molecular flexibility index (Phi) is 6.63. The second kappa shape index (κ2) is 11.3. The number of anilines is 1. The number of allylic oxidation sites excluding steroid dienone is 2. The molecule has 0 N–H and O–H groups in total. The van der Waals surface area contributed by atoms with Crippen molar-refractivity contribution >= 4 is 40.1 Å². The first kappa shape index (κ1) is 31.8. The highest BCUT2D eigenvalue weighted by Crippen LogP contribution is 2.75. The summed E-state index contributed by atoms with van der Waals surface area (Å²) in [4.78, 5) is 59.8. The molecule has 0 spiro atoms. The highest BCUT2D eigenvalue weighted by Gasteiger charge is 2.83. The van der Waals surface area contributed by atoms with Crippen LogP contribution in [-0.2, 0) is 25.2 Å². The van der Waals surface area contributed by atoms with Gasteiger partial charge in [-0.25, -0.2) is 4.90 Å². The maximum Gasteiger partial charge on any atom is 0.297 e. The van der Waals surface area contributed by atoms with E-state index in [-0.39, 0.29) is 30.8 Å².